The molecule has 0 atom stereocenters. The van der Waals surface area contributed by atoms with Gasteiger partial charge in [0, 0.05) is 0 Å². The number of hydrogen-bond acceptors (Lipinski definition) is 0. The molecule has 244 valence electrons. The Hall–Kier alpha value is -6.76. The summed E-state index contributed by atoms with van der Waals surface area (Å²) in [6.45, 7) is 0. The molecule has 0 aliphatic heterocycles. The van der Waals surface area contributed by atoms with Gasteiger partial charge in [0.1, 0.15) is 0 Å². The molecule has 0 fully saturated rings. The van der Waals surface area contributed by atoms with Gasteiger partial charge in [0.2, 0.25) is 0 Å². The van der Waals surface area contributed by atoms with E-state index in [4.69, 9.17) is 0 Å². The van der Waals surface area contributed by atoms with Crippen LogP contribution in [0.15, 0.2) is 194 Å². The normalized spacial score (nSPS) is 13.4. The van der Waals surface area contributed by atoms with E-state index in [2.05, 4.69) is 194 Å². The summed E-state index contributed by atoms with van der Waals surface area (Å²) in [5, 5.41) is 10.2. The first kappa shape index (κ1) is 28.9. The zero-order valence-corrected chi connectivity index (χ0v) is 29.0. The first-order chi connectivity index (χ1) is 26.3. The van der Waals surface area contributed by atoms with Crippen molar-refractivity contribution in [1.29, 1.82) is 0 Å². The highest BCUT2D eigenvalue weighted by Gasteiger charge is 2.52. The number of benzene rings is 10. The fourth-order valence-electron chi connectivity index (χ4n) is 10.3. The van der Waals surface area contributed by atoms with E-state index in [9.17, 15) is 0 Å². The molecule has 2 aliphatic carbocycles. The Labute approximate surface area is 308 Å². The minimum absolute atomic E-state index is 0.375. The Kier molecular flexibility index (Phi) is 5.80. The SMILES string of the molecule is c1ccc2c(c1)-c1ccccc1C21c2ccccc2-c2ccc3cc(-c4c5ccccc5c(-c5cccc6ccccc56)c5ccccc45)ccc3c21. The van der Waals surface area contributed by atoms with Crippen LogP contribution in [0.25, 0.3) is 87.6 Å². The van der Waals surface area contributed by atoms with Crippen LogP contribution in [0.1, 0.15) is 22.3 Å². The van der Waals surface area contributed by atoms with Crippen molar-refractivity contribution < 1.29 is 0 Å². The van der Waals surface area contributed by atoms with Gasteiger partial charge in [-0.05, 0) is 116 Å². The Morgan fingerprint density at radius 1 is 0.264 bits per heavy atom. The first-order valence-corrected chi connectivity index (χ1v) is 18.6. The maximum atomic E-state index is 2.45. The molecule has 10 aromatic rings. The molecule has 0 nitrogen and oxygen atoms in total. The van der Waals surface area contributed by atoms with Gasteiger partial charge in [-0.1, -0.05) is 188 Å². The van der Waals surface area contributed by atoms with Crippen LogP contribution in [-0.2, 0) is 5.41 Å². The number of hydrogen-bond donors (Lipinski definition) is 0. The number of rotatable bonds is 2. The molecule has 0 heteroatoms. The van der Waals surface area contributed by atoms with Crippen molar-refractivity contribution >= 4 is 43.1 Å². The van der Waals surface area contributed by atoms with Crippen LogP contribution in [-0.4, -0.2) is 0 Å². The summed E-state index contributed by atoms with van der Waals surface area (Å²) in [5.41, 5.74) is 15.6. The van der Waals surface area contributed by atoms with E-state index in [1.165, 1.54) is 110 Å². The molecule has 10 aromatic carbocycles. The Morgan fingerprint density at radius 2 is 0.736 bits per heavy atom. The third-order valence-electron chi connectivity index (χ3n) is 12.2. The highest BCUT2D eigenvalue weighted by atomic mass is 14.5. The van der Waals surface area contributed by atoms with Gasteiger partial charge in [0.25, 0.3) is 0 Å². The van der Waals surface area contributed by atoms with Gasteiger partial charge < -0.3 is 0 Å². The Bertz CT molecular complexity index is 3050. The van der Waals surface area contributed by atoms with Gasteiger partial charge in [0.05, 0.1) is 5.41 Å². The lowest BCUT2D eigenvalue weighted by Crippen LogP contribution is -2.26. The fraction of sp³-hybridized carbons (Fsp3) is 0.0189. The van der Waals surface area contributed by atoms with Crippen LogP contribution in [0.2, 0.25) is 0 Å². The minimum atomic E-state index is -0.375. The molecule has 0 saturated carbocycles. The monoisotopic (exact) mass is 668 g/mol. The van der Waals surface area contributed by atoms with Crippen LogP contribution in [0.4, 0.5) is 0 Å². The molecule has 0 unspecified atom stereocenters. The van der Waals surface area contributed by atoms with Crippen LogP contribution in [0.3, 0.4) is 0 Å². The molecule has 0 heterocycles. The molecule has 0 bridgehead atoms. The lowest BCUT2D eigenvalue weighted by molar-refractivity contribution is 0.801. The molecule has 0 radical (unpaired) electrons. The standard InChI is InChI=1S/C53H32/c1-2-16-36-33(14-1)15-13-24-41(36)51-44-22-5-3-20-42(44)50(43-21-4-6-23-45(43)51)35-29-30-37-34(32-35)28-31-46-40-19-9-12-27-49(40)53(52(37)46)47-25-10-7-17-38(47)39-18-8-11-26-48(39)53/h1-32H. The van der Waals surface area contributed by atoms with Crippen molar-refractivity contribution in [3.63, 3.8) is 0 Å². The van der Waals surface area contributed by atoms with E-state index in [1.807, 2.05) is 0 Å². The molecular formula is C53H32. The quantitative estimate of drug-likeness (QED) is 0.161. The number of fused-ring (bicyclic) bond motifs is 15. The molecule has 0 amide bonds. The van der Waals surface area contributed by atoms with Crippen molar-refractivity contribution in [3.8, 4) is 44.5 Å². The van der Waals surface area contributed by atoms with E-state index in [-0.39, 0.29) is 5.41 Å². The zero-order chi connectivity index (χ0) is 34.7. The van der Waals surface area contributed by atoms with E-state index >= 15 is 0 Å². The average Bonchev–Trinajstić information content (AvgIpc) is 3.70. The third-order valence-corrected chi connectivity index (χ3v) is 12.2. The Balaban J connectivity index is 1.15. The van der Waals surface area contributed by atoms with E-state index in [0.717, 1.165) is 0 Å². The lowest BCUT2D eigenvalue weighted by atomic mass is 9.69. The largest absolute Gasteiger partial charge is 0.0731 e. The summed E-state index contributed by atoms with van der Waals surface area (Å²) in [7, 11) is 0. The van der Waals surface area contributed by atoms with Gasteiger partial charge in [-0.2, -0.15) is 0 Å². The van der Waals surface area contributed by atoms with Crippen molar-refractivity contribution in [2.24, 2.45) is 0 Å². The molecule has 53 heavy (non-hydrogen) atoms. The summed E-state index contributed by atoms with van der Waals surface area (Å²) in [6, 6.07) is 72.7. The zero-order valence-electron chi connectivity index (χ0n) is 29.0. The van der Waals surface area contributed by atoms with Crippen LogP contribution in [0.5, 0.6) is 0 Å². The van der Waals surface area contributed by atoms with Gasteiger partial charge in [-0.15, -0.1) is 0 Å². The van der Waals surface area contributed by atoms with Gasteiger partial charge in [-0.3, -0.25) is 0 Å². The summed E-state index contributed by atoms with van der Waals surface area (Å²) in [6.07, 6.45) is 0. The second kappa shape index (κ2) is 10.6. The molecular weight excluding hydrogens is 637 g/mol. The predicted molar refractivity (Wildman–Crippen MR) is 224 cm³/mol. The minimum Gasteiger partial charge on any atom is -0.0619 e. The molecule has 12 rings (SSSR count). The van der Waals surface area contributed by atoms with Crippen LogP contribution < -0.4 is 0 Å². The highest BCUT2D eigenvalue weighted by molar-refractivity contribution is 6.24. The van der Waals surface area contributed by atoms with E-state index in [1.54, 1.807) is 0 Å². The topological polar surface area (TPSA) is 0 Å². The fourth-order valence-corrected chi connectivity index (χ4v) is 10.3. The van der Waals surface area contributed by atoms with Crippen LogP contribution >= 0.6 is 0 Å². The van der Waals surface area contributed by atoms with Crippen molar-refractivity contribution in [2.75, 3.05) is 0 Å². The molecule has 0 aromatic heterocycles. The summed E-state index contributed by atoms with van der Waals surface area (Å²) in [5.74, 6) is 0. The maximum Gasteiger partial charge on any atom is 0.0731 e. The molecule has 1 spiro atoms. The van der Waals surface area contributed by atoms with Crippen LogP contribution in [0, 0.1) is 0 Å². The lowest BCUT2D eigenvalue weighted by Gasteiger charge is -2.31. The molecule has 0 N–H and O–H groups in total. The van der Waals surface area contributed by atoms with Crippen molar-refractivity contribution in [1.82, 2.24) is 0 Å². The second-order valence-corrected chi connectivity index (χ2v) is 14.7. The smallest absolute Gasteiger partial charge is 0.0619 e. The molecule has 2 aliphatic rings. The average molecular weight is 669 g/mol. The maximum absolute atomic E-state index is 2.45. The predicted octanol–water partition coefficient (Wildman–Crippen LogP) is 14.0. The highest BCUT2D eigenvalue weighted by Crippen LogP contribution is 2.64. The van der Waals surface area contributed by atoms with E-state index < -0.39 is 0 Å². The second-order valence-electron chi connectivity index (χ2n) is 14.7. The van der Waals surface area contributed by atoms with Crippen molar-refractivity contribution in [2.45, 2.75) is 5.41 Å². The van der Waals surface area contributed by atoms with Gasteiger partial charge in [0.15, 0.2) is 0 Å². The third kappa shape index (κ3) is 3.70. The first-order valence-electron chi connectivity index (χ1n) is 18.6. The summed E-state index contributed by atoms with van der Waals surface area (Å²) < 4.78 is 0. The summed E-state index contributed by atoms with van der Waals surface area (Å²) in [4.78, 5) is 0. The Morgan fingerprint density at radius 3 is 1.36 bits per heavy atom. The van der Waals surface area contributed by atoms with Gasteiger partial charge in [-0.25, -0.2) is 0 Å². The van der Waals surface area contributed by atoms with E-state index in [0.29, 0.717) is 0 Å². The van der Waals surface area contributed by atoms with Crippen molar-refractivity contribution in [3.05, 3.63) is 216 Å². The molecule has 0 saturated heterocycles. The summed E-state index contributed by atoms with van der Waals surface area (Å²) >= 11 is 0. The van der Waals surface area contributed by atoms with Gasteiger partial charge >= 0.3 is 0 Å².